The summed E-state index contributed by atoms with van der Waals surface area (Å²) in [5, 5.41) is 0.831. The fourth-order valence-electron chi connectivity index (χ4n) is 1.66. The van der Waals surface area contributed by atoms with Crippen LogP contribution in [0.5, 0.6) is 5.88 Å². The van der Waals surface area contributed by atoms with Crippen LogP contribution in [-0.2, 0) is 12.8 Å². The molecule has 0 bridgehead atoms. The largest absolute Gasteiger partial charge is 0.481 e. The van der Waals surface area contributed by atoms with Crippen LogP contribution in [0.1, 0.15) is 23.9 Å². The van der Waals surface area contributed by atoms with E-state index in [4.69, 9.17) is 27.9 Å². The summed E-state index contributed by atoms with van der Waals surface area (Å²) < 4.78 is 5.00. The fourth-order valence-corrected chi connectivity index (χ4v) is 2.35. The van der Waals surface area contributed by atoms with E-state index in [-0.39, 0.29) is 0 Å². The van der Waals surface area contributed by atoms with Gasteiger partial charge in [-0.05, 0) is 12.0 Å². The summed E-state index contributed by atoms with van der Waals surface area (Å²) in [5.41, 5.74) is 1.75. The summed E-state index contributed by atoms with van der Waals surface area (Å²) in [4.78, 5) is 12.6. The van der Waals surface area contributed by atoms with Crippen molar-refractivity contribution in [1.29, 1.82) is 0 Å². The van der Waals surface area contributed by atoms with Crippen molar-refractivity contribution in [2.24, 2.45) is 0 Å². The summed E-state index contributed by atoms with van der Waals surface area (Å²) in [5.74, 6) is 1.15. The van der Waals surface area contributed by atoms with Crippen molar-refractivity contribution in [3.8, 4) is 5.88 Å². The molecule has 0 aliphatic carbocycles. The van der Waals surface area contributed by atoms with Crippen LogP contribution < -0.4 is 4.74 Å². The van der Waals surface area contributed by atoms with Crippen LogP contribution in [0.3, 0.4) is 0 Å². The van der Waals surface area contributed by atoms with Gasteiger partial charge in [-0.15, -0.1) is 0 Å². The predicted molar refractivity (Wildman–Crippen MR) is 75.0 cm³/mol. The molecule has 2 aromatic rings. The molecule has 0 saturated carbocycles. The summed E-state index contributed by atoms with van der Waals surface area (Å²) in [6.07, 6.45) is 2.96. The Kier molecular flexibility index (Phi) is 4.56. The number of hydrogen-bond donors (Lipinski definition) is 0. The lowest BCUT2D eigenvalue weighted by molar-refractivity contribution is 0.397. The van der Waals surface area contributed by atoms with Gasteiger partial charge in [-0.3, -0.25) is 0 Å². The zero-order valence-corrected chi connectivity index (χ0v) is 12.2. The van der Waals surface area contributed by atoms with E-state index >= 15 is 0 Å². The lowest BCUT2D eigenvalue weighted by Gasteiger charge is -2.06. The molecule has 2 rings (SSSR count). The van der Waals surface area contributed by atoms with Crippen LogP contribution >= 0.6 is 23.2 Å². The molecule has 0 fully saturated rings. The number of nitrogens with zero attached hydrogens (tertiary/aromatic N) is 3. The number of halogens is 2. The first-order valence-electron chi connectivity index (χ1n) is 5.83. The molecular formula is C13H13Cl2N3O. The average Bonchev–Trinajstić information content (AvgIpc) is 2.39. The Bertz CT molecular complexity index is 550. The molecule has 0 amide bonds. The minimum atomic E-state index is 0.416. The van der Waals surface area contributed by atoms with E-state index in [1.807, 2.05) is 13.0 Å². The second kappa shape index (κ2) is 6.17. The maximum Gasteiger partial charge on any atom is 0.212 e. The molecule has 0 aliphatic rings. The number of pyridine rings is 1. The predicted octanol–water partition coefficient (Wildman–Crippen LogP) is 3.34. The Morgan fingerprint density at radius 1 is 1.16 bits per heavy atom. The number of hydrogen-bond acceptors (Lipinski definition) is 4. The topological polar surface area (TPSA) is 47.9 Å². The molecule has 100 valence electrons. The minimum Gasteiger partial charge on any atom is -0.481 e. The van der Waals surface area contributed by atoms with Gasteiger partial charge >= 0.3 is 0 Å². The third kappa shape index (κ3) is 3.33. The fraction of sp³-hybridized carbons (Fsp3) is 0.308. The van der Waals surface area contributed by atoms with Crippen LogP contribution in [0.2, 0.25) is 10.3 Å². The van der Waals surface area contributed by atoms with Gasteiger partial charge in [0.15, 0.2) is 0 Å². The summed E-state index contributed by atoms with van der Waals surface area (Å²) in [7, 11) is 1.58. The third-order valence-electron chi connectivity index (χ3n) is 2.68. The molecule has 0 spiro atoms. The van der Waals surface area contributed by atoms with Crippen molar-refractivity contribution >= 4 is 23.2 Å². The van der Waals surface area contributed by atoms with Crippen LogP contribution in [0, 0.1) is 0 Å². The van der Waals surface area contributed by atoms with E-state index in [0.29, 0.717) is 34.9 Å². The van der Waals surface area contributed by atoms with Gasteiger partial charge < -0.3 is 4.74 Å². The van der Waals surface area contributed by atoms with Crippen LogP contribution in [0.4, 0.5) is 0 Å². The first kappa shape index (κ1) is 14.0. The van der Waals surface area contributed by atoms with Crippen molar-refractivity contribution < 1.29 is 4.74 Å². The zero-order chi connectivity index (χ0) is 13.8. The van der Waals surface area contributed by atoms with E-state index in [1.54, 1.807) is 19.4 Å². The second-order valence-electron chi connectivity index (χ2n) is 3.94. The molecule has 19 heavy (non-hydrogen) atoms. The standard InChI is InChI=1S/C13H13Cl2N3O/c1-3-9-12(14)17-10(18-13(9)15)6-8-4-5-11(19-2)16-7-8/h4-5,7H,3,6H2,1-2H3. The van der Waals surface area contributed by atoms with Gasteiger partial charge in [0.1, 0.15) is 16.1 Å². The van der Waals surface area contributed by atoms with Gasteiger partial charge in [-0.1, -0.05) is 36.2 Å². The Morgan fingerprint density at radius 3 is 2.32 bits per heavy atom. The molecule has 4 nitrogen and oxygen atoms in total. The highest BCUT2D eigenvalue weighted by Crippen LogP contribution is 2.22. The maximum atomic E-state index is 6.08. The van der Waals surface area contributed by atoms with Crippen LogP contribution in [-0.4, -0.2) is 22.1 Å². The summed E-state index contributed by atoms with van der Waals surface area (Å²) >= 11 is 12.2. The number of rotatable bonds is 4. The highest BCUT2D eigenvalue weighted by molar-refractivity contribution is 6.34. The van der Waals surface area contributed by atoms with Crippen molar-refractivity contribution in [1.82, 2.24) is 15.0 Å². The van der Waals surface area contributed by atoms with Gasteiger partial charge in [0.2, 0.25) is 5.88 Å². The first-order valence-corrected chi connectivity index (χ1v) is 6.59. The molecule has 2 aromatic heterocycles. The smallest absolute Gasteiger partial charge is 0.212 e. The zero-order valence-electron chi connectivity index (χ0n) is 10.7. The van der Waals surface area contributed by atoms with Gasteiger partial charge in [-0.2, -0.15) is 0 Å². The van der Waals surface area contributed by atoms with E-state index in [2.05, 4.69) is 15.0 Å². The summed E-state index contributed by atoms with van der Waals surface area (Å²) in [6, 6.07) is 3.70. The molecule has 2 heterocycles. The van der Waals surface area contributed by atoms with E-state index in [1.165, 1.54) is 0 Å². The van der Waals surface area contributed by atoms with Gasteiger partial charge in [0, 0.05) is 24.2 Å². The second-order valence-corrected chi connectivity index (χ2v) is 4.66. The minimum absolute atomic E-state index is 0.416. The SMILES string of the molecule is CCc1c(Cl)nc(Cc2ccc(OC)nc2)nc1Cl. The quantitative estimate of drug-likeness (QED) is 0.812. The monoisotopic (exact) mass is 297 g/mol. The molecule has 0 unspecified atom stereocenters. The highest BCUT2D eigenvalue weighted by Gasteiger charge is 2.10. The molecule has 0 aliphatic heterocycles. The van der Waals surface area contributed by atoms with Crippen molar-refractivity contribution in [2.45, 2.75) is 19.8 Å². The molecular weight excluding hydrogens is 285 g/mol. The third-order valence-corrected chi connectivity index (χ3v) is 3.30. The lowest BCUT2D eigenvalue weighted by Crippen LogP contribution is -2.01. The Hall–Kier alpha value is -1.39. The van der Waals surface area contributed by atoms with E-state index < -0.39 is 0 Å². The Balaban J connectivity index is 2.23. The van der Waals surface area contributed by atoms with Crippen molar-refractivity contribution in [3.63, 3.8) is 0 Å². The molecule has 0 saturated heterocycles. The highest BCUT2D eigenvalue weighted by atomic mass is 35.5. The number of methoxy groups -OCH3 is 1. The van der Waals surface area contributed by atoms with Crippen molar-refractivity contribution in [3.05, 3.63) is 45.6 Å². The lowest BCUT2D eigenvalue weighted by atomic mass is 10.2. The normalized spacial score (nSPS) is 10.5. The maximum absolute atomic E-state index is 6.08. The first-order chi connectivity index (χ1) is 9.13. The molecule has 0 atom stereocenters. The molecule has 6 heteroatoms. The molecule has 0 radical (unpaired) electrons. The average molecular weight is 298 g/mol. The number of aromatic nitrogens is 3. The van der Waals surface area contributed by atoms with Crippen molar-refractivity contribution in [2.75, 3.05) is 7.11 Å². The van der Waals surface area contributed by atoms with Gasteiger partial charge in [0.05, 0.1) is 7.11 Å². The Labute approximate surface area is 121 Å². The van der Waals surface area contributed by atoms with E-state index in [9.17, 15) is 0 Å². The molecule has 0 aromatic carbocycles. The van der Waals surface area contributed by atoms with Crippen LogP contribution in [0.25, 0.3) is 0 Å². The molecule has 0 N–H and O–H groups in total. The van der Waals surface area contributed by atoms with E-state index in [0.717, 1.165) is 11.1 Å². The number of ether oxygens (including phenoxy) is 1. The van der Waals surface area contributed by atoms with Gasteiger partial charge in [0.25, 0.3) is 0 Å². The van der Waals surface area contributed by atoms with Gasteiger partial charge in [-0.25, -0.2) is 15.0 Å². The summed E-state index contributed by atoms with van der Waals surface area (Å²) in [6.45, 7) is 1.96. The van der Waals surface area contributed by atoms with Crippen LogP contribution in [0.15, 0.2) is 18.3 Å². The Morgan fingerprint density at radius 2 is 1.84 bits per heavy atom.